The predicted molar refractivity (Wildman–Crippen MR) is 114 cm³/mol. The number of anilines is 1. The molecule has 2 bridgehead atoms. The molecule has 1 saturated heterocycles. The van der Waals surface area contributed by atoms with E-state index in [9.17, 15) is 14.4 Å². The standard InChI is InChI=1S/C24H22ClNO5/c1-12(22(27)13-2-4-15(25)5-3-13)30-17-8-6-16(7-9-17)26-23(28)20-14-10-18-19(11-14)31-24(29)21(18)20/h2-9,12,14,18-21H,10-11H2,1H3,(H,26,28)/t12?,14-,18+,19-,20+,21-/m0/s1. The lowest BCUT2D eigenvalue weighted by Crippen LogP contribution is -2.35. The van der Waals surface area contributed by atoms with Crippen LogP contribution in [-0.2, 0) is 14.3 Å². The molecule has 31 heavy (non-hydrogen) atoms. The minimum Gasteiger partial charge on any atom is -0.483 e. The van der Waals surface area contributed by atoms with Crippen molar-refractivity contribution in [3.05, 3.63) is 59.1 Å². The van der Waals surface area contributed by atoms with Crippen molar-refractivity contribution < 1.29 is 23.9 Å². The molecule has 7 heteroatoms. The Morgan fingerprint density at radius 2 is 1.81 bits per heavy atom. The fraction of sp³-hybridized carbons (Fsp3) is 0.375. The van der Waals surface area contributed by atoms with Crippen LogP contribution in [0.3, 0.4) is 0 Å². The minimum atomic E-state index is -0.669. The van der Waals surface area contributed by atoms with Crippen molar-refractivity contribution in [2.45, 2.75) is 32.0 Å². The second-order valence-electron chi connectivity index (χ2n) is 8.57. The summed E-state index contributed by atoms with van der Waals surface area (Å²) in [5.74, 6) is -0.178. The molecule has 0 spiro atoms. The van der Waals surface area contributed by atoms with Crippen LogP contribution in [0.5, 0.6) is 5.75 Å². The van der Waals surface area contributed by atoms with Gasteiger partial charge in [-0.15, -0.1) is 0 Å². The van der Waals surface area contributed by atoms with Crippen molar-refractivity contribution >= 4 is 34.9 Å². The number of ketones is 1. The van der Waals surface area contributed by atoms with Gasteiger partial charge in [-0.3, -0.25) is 14.4 Å². The maximum atomic E-state index is 12.9. The summed E-state index contributed by atoms with van der Waals surface area (Å²) in [5.41, 5.74) is 1.15. The molecule has 1 unspecified atom stereocenters. The third kappa shape index (κ3) is 3.59. The summed E-state index contributed by atoms with van der Waals surface area (Å²) in [6, 6.07) is 13.6. The summed E-state index contributed by atoms with van der Waals surface area (Å²) in [4.78, 5) is 37.5. The second-order valence-corrected chi connectivity index (χ2v) is 9.00. The molecule has 0 aromatic heterocycles. The molecule has 2 saturated carbocycles. The number of carbonyl (C=O) groups excluding carboxylic acids is 3. The SMILES string of the molecule is CC(Oc1ccc(NC(=O)[C@@H]2[C@H]3C[C@H]4[C@@H]2C(=O)O[C@H]4C3)cc1)C(=O)c1ccc(Cl)cc1. The first-order chi connectivity index (χ1) is 14.9. The topological polar surface area (TPSA) is 81.7 Å². The fourth-order valence-electron chi connectivity index (χ4n) is 5.31. The number of esters is 1. The molecule has 160 valence electrons. The molecule has 5 rings (SSSR count). The van der Waals surface area contributed by atoms with E-state index < -0.39 is 6.10 Å². The van der Waals surface area contributed by atoms with Gasteiger partial charge in [0.2, 0.25) is 11.7 Å². The summed E-state index contributed by atoms with van der Waals surface area (Å²) >= 11 is 5.87. The number of benzene rings is 2. The van der Waals surface area contributed by atoms with E-state index in [1.807, 2.05) is 0 Å². The number of rotatable bonds is 6. The van der Waals surface area contributed by atoms with E-state index in [1.54, 1.807) is 55.5 Å². The first-order valence-corrected chi connectivity index (χ1v) is 10.9. The van der Waals surface area contributed by atoms with Gasteiger partial charge in [0.05, 0.1) is 11.8 Å². The third-order valence-corrected chi connectivity index (χ3v) is 6.97. The monoisotopic (exact) mass is 439 g/mol. The van der Waals surface area contributed by atoms with Crippen LogP contribution in [0.4, 0.5) is 5.69 Å². The number of amides is 1. The van der Waals surface area contributed by atoms with E-state index in [2.05, 4.69) is 5.32 Å². The van der Waals surface area contributed by atoms with E-state index in [4.69, 9.17) is 21.1 Å². The quantitative estimate of drug-likeness (QED) is 0.540. The van der Waals surface area contributed by atoms with E-state index in [0.717, 1.165) is 12.8 Å². The molecular formula is C24H22ClNO5. The van der Waals surface area contributed by atoms with Crippen molar-refractivity contribution in [1.82, 2.24) is 0 Å². The first-order valence-electron chi connectivity index (χ1n) is 10.5. The highest BCUT2D eigenvalue weighted by atomic mass is 35.5. The Balaban J connectivity index is 1.20. The van der Waals surface area contributed by atoms with Gasteiger partial charge in [0.25, 0.3) is 0 Å². The number of ether oxygens (including phenoxy) is 2. The lowest BCUT2D eigenvalue weighted by atomic mass is 9.79. The van der Waals surface area contributed by atoms with Crippen molar-refractivity contribution in [2.75, 3.05) is 5.32 Å². The number of halogens is 1. The third-order valence-electron chi connectivity index (χ3n) is 6.72. The molecular weight excluding hydrogens is 418 g/mol. The number of carbonyl (C=O) groups is 3. The average Bonchev–Trinajstić information content (AvgIpc) is 3.38. The second kappa shape index (κ2) is 7.68. The predicted octanol–water partition coefficient (Wildman–Crippen LogP) is 4.13. The zero-order chi connectivity index (χ0) is 21.7. The summed E-state index contributed by atoms with van der Waals surface area (Å²) in [6.45, 7) is 1.69. The van der Waals surface area contributed by atoms with Crippen molar-refractivity contribution in [3.63, 3.8) is 0 Å². The Labute approximate surface area is 184 Å². The van der Waals surface area contributed by atoms with Gasteiger partial charge in [0.1, 0.15) is 11.9 Å². The molecule has 1 aliphatic heterocycles. The van der Waals surface area contributed by atoms with Crippen molar-refractivity contribution in [1.29, 1.82) is 0 Å². The molecule has 6 nitrogen and oxygen atoms in total. The normalized spacial score (nSPS) is 28.8. The number of hydrogen-bond acceptors (Lipinski definition) is 5. The lowest BCUT2D eigenvalue weighted by Gasteiger charge is -2.23. The van der Waals surface area contributed by atoms with Crippen LogP contribution >= 0.6 is 11.6 Å². The molecule has 1 amide bonds. The van der Waals surface area contributed by atoms with Gasteiger partial charge in [-0.05, 0) is 74.2 Å². The maximum Gasteiger partial charge on any atom is 0.310 e. The Morgan fingerprint density at radius 1 is 1.10 bits per heavy atom. The fourth-order valence-corrected chi connectivity index (χ4v) is 5.44. The molecule has 2 aliphatic carbocycles. The van der Waals surface area contributed by atoms with Gasteiger partial charge in [0.15, 0.2) is 6.10 Å². The largest absolute Gasteiger partial charge is 0.483 e. The summed E-state index contributed by atoms with van der Waals surface area (Å²) in [5, 5.41) is 3.49. The minimum absolute atomic E-state index is 0.0144. The van der Waals surface area contributed by atoms with Gasteiger partial charge in [0, 0.05) is 22.2 Å². The molecule has 6 atom stereocenters. The molecule has 3 aliphatic rings. The number of nitrogens with one attached hydrogen (secondary N) is 1. The van der Waals surface area contributed by atoms with Crippen LogP contribution in [0, 0.1) is 23.7 Å². The summed E-state index contributed by atoms with van der Waals surface area (Å²) < 4.78 is 11.2. The van der Waals surface area contributed by atoms with E-state index in [-0.39, 0.29) is 47.4 Å². The Hall–Kier alpha value is -2.86. The zero-order valence-corrected chi connectivity index (χ0v) is 17.7. The highest BCUT2D eigenvalue weighted by Gasteiger charge is 2.63. The van der Waals surface area contributed by atoms with Crippen LogP contribution in [-0.4, -0.2) is 29.9 Å². The number of hydrogen-bond donors (Lipinski definition) is 1. The average molecular weight is 440 g/mol. The lowest BCUT2D eigenvalue weighted by molar-refractivity contribution is -0.145. The van der Waals surface area contributed by atoms with Crippen LogP contribution < -0.4 is 10.1 Å². The van der Waals surface area contributed by atoms with Crippen LogP contribution in [0.25, 0.3) is 0 Å². The van der Waals surface area contributed by atoms with Gasteiger partial charge in [-0.2, -0.15) is 0 Å². The maximum absolute atomic E-state index is 12.9. The molecule has 1 heterocycles. The van der Waals surface area contributed by atoms with E-state index in [0.29, 0.717) is 22.0 Å². The van der Waals surface area contributed by atoms with Gasteiger partial charge in [-0.1, -0.05) is 11.6 Å². The van der Waals surface area contributed by atoms with Crippen LogP contribution in [0.1, 0.15) is 30.1 Å². The van der Waals surface area contributed by atoms with Crippen molar-refractivity contribution in [3.8, 4) is 5.75 Å². The molecule has 3 fully saturated rings. The first kappa shape index (κ1) is 20.1. The summed E-state index contributed by atoms with van der Waals surface area (Å²) in [7, 11) is 0. The van der Waals surface area contributed by atoms with E-state index >= 15 is 0 Å². The Bertz CT molecular complexity index is 1030. The molecule has 0 radical (unpaired) electrons. The summed E-state index contributed by atoms with van der Waals surface area (Å²) in [6.07, 6.45) is 1.03. The number of fused-ring (bicyclic) bond motifs is 1. The van der Waals surface area contributed by atoms with Crippen LogP contribution in [0.2, 0.25) is 5.02 Å². The van der Waals surface area contributed by atoms with Crippen molar-refractivity contribution in [2.24, 2.45) is 23.7 Å². The smallest absolute Gasteiger partial charge is 0.310 e. The Kier molecular flexibility index (Phi) is 4.97. The zero-order valence-electron chi connectivity index (χ0n) is 16.9. The number of Topliss-reactive ketones (excluding diaryl/α,β-unsaturated/α-hetero) is 1. The van der Waals surface area contributed by atoms with E-state index in [1.165, 1.54) is 0 Å². The highest BCUT2D eigenvalue weighted by molar-refractivity contribution is 6.30. The molecule has 2 aromatic rings. The molecule has 1 N–H and O–H groups in total. The van der Waals surface area contributed by atoms with Gasteiger partial charge in [-0.25, -0.2) is 0 Å². The highest BCUT2D eigenvalue weighted by Crippen LogP contribution is 2.57. The molecule has 2 aromatic carbocycles. The van der Waals surface area contributed by atoms with Gasteiger partial charge < -0.3 is 14.8 Å². The van der Waals surface area contributed by atoms with Gasteiger partial charge >= 0.3 is 5.97 Å². The van der Waals surface area contributed by atoms with Crippen LogP contribution in [0.15, 0.2) is 48.5 Å². The Morgan fingerprint density at radius 3 is 2.52 bits per heavy atom.